The topological polar surface area (TPSA) is 81.9 Å². The Morgan fingerprint density at radius 3 is 2.15 bits per heavy atom. The summed E-state index contributed by atoms with van der Waals surface area (Å²) in [7, 11) is 1.52. The van der Waals surface area contributed by atoms with Crippen molar-refractivity contribution in [2.24, 2.45) is 0 Å². The van der Waals surface area contributed by atoms with E-state index in [9.17, 15) is 28.1 Å². The van der Waals surface area contributed by atoms with E-state index in [1.165, 1.54) is 48.3 Å². The van der Waals surface area contributed by atoms with Gasteiger partial charge >= 0.3 is 6.36 Å². The Hall–Kier alpha value is -3.30. The monoisotopic (exact) mass is 384 g/mol. The molecule has 0 saturated carbocycles. The summed E-state index contributed by atoms with van der Waals surface area (Å²) in [6, 6.07) is 10.4. The number of hydrogen-bond donors (Lipinski definition) is 0. The lowest BCUT2D eigenvalue weighted by molar-refractivity contribution is -0.384. The van der Waals surface area contributed by atoms with Crippen LogP contribution in [0.5, 0.6) is 11.5 Å². The molecule has 0 N–H and O–H groups in total. The van der Waals surface area contributed by atoms with Crippen LogP contribution in [0.2, 0.25) is 0 Å². The van der Waals surface area contributed by atoms with Gasteiger partial charge in [0, 0.05) is 25.7 Å². The van der Waals surface area contributed by atoms with Crippen LogP contribution in [0, 0.1) is 10.1 Å². The molecule has 0 fully saturated rings. The number of amides is 1. The Morgan fingerprint density at radius 1 is 1.07 bits per heavy atom. The van der Waals surface area contributed by atoms with Gasteiger partial charge in [-0.15, -0.1) is 13.2 Å². The van der Waals surface area contributed by atoms with Crippen molar-refractivity contribution in [3.63, 3.8) is 0 Å². The third-order valence-corrected chi connectivity index (χ3v) is 3.41. The van der Waals surface area contributed by atoms with Crippen molar-refractivity contribution in [3.8, 4) is 11.5 Å². The lowest BCUT2D eigenvalue weighted by atomic mass is 10.2. The highest BCUT2D eigenvalue weighted by molar-refractivity contribution is 5.77. The zero-order valence-electron chi connectivity index (χ0n) is 14.1. The quantitative estimate of drug-likeness (QED) is 0.539. The van der Waals surface area contributed by atoms with Gasteiger partial charge in [0.25, 0.3) is 11.6 Å². The van der Waals surface area contributed by atoms with Crippen LogP contribution >= 0.6 is 0 Å². The summed E-state index contributed by atoms with van der Waals surface area (Å²) in [5.41, 5.74) is 0.513. The summed E-state index contributed by atoms with van der Waals surface area (Å²) in [6.45, 7) is -0.127. The number of alkyl halides is 3. The number of hydrogen-bond acceptors (Lipinski definition) is 5. The van der Waals surface area contributed by atoms with E-state index >= 15 is 0 Å². The number of halogens is 3. The Kier molecular flexibility index (Phi) is 6.22. The Morgan fingerprint density at radius 2 is 1.63 bits per heavy atom. The Balaban J connectivity index is 1.85. The molecule has 0 heterocycles. The summed E-state index contributed by atoms with van der Waals surface area (Å²) in [6.07, 6.45) is -4.76. The molecule has 0 atom stereocenters. The molecule has 0 aliphatic heterocycles. The number of carbonyl (C=O) groups is 1. The van der Waals surface area contributed by atoms with Gasteiger partial charge < -0.3 is 14.4 Å². The molecule has 0 radical (unpaired) electrons. The molecule has 2 aromatic carbocycles. The number of nitro benzene ring substituents is 1. The first-order valence-corrected chi connectivity index (χ1v) is 7.60. The largest absolute Gasteiger partial charge is 0.573 e. The fourth-order valence-electron chi connectivity index (χ4n) is 2.08. The number of non-ortho nitro benzene ring substituents is 1. The molecule has 2 rings (SSSR count). The van der Waals surface area contributed by atoms with Crippen molar-refractivity contribution in [1.82, 2.24) is 4.90 Å². The highest BCUT2D eigenvalue weighted by atomic mass is 19.4. The van der Waals surface area contributed by atoms with Gasteiger partial charge in [0.05, 0.1) is 4.92 Å². The number of benzene rings is 2. The van der Waals surface area contributed by atoms with Gasteiger partial charge in [-0.2, -0.15) is 0 Å². The van der Waals surface area contributed by atoms with Gasteiger partial charge in [-0.05, 0) is 29.8 Å². The molecular formula is C17H15F3N2O5. The number of carbonyl (C=O) groups excluding carboxylic acids is 1. The van der Waals surface area contributed by atoms with Gasteiger partial charge in [0.15, 0.2) is 6.61 Å². The Labute approximate surface area is 152 Å². The van der Waals surface area contributed by atoms with E-state index in [0.717, 1.165) is 12.1 Å². The molecular weight excluding hydrogens is 369 g/mol. The maximum atomic E-state index is 12.1. The van der Waals surface area contributed by atoms with Crippen LogP contribution in [-0.4, -0.2) is 35.7 Å². The van der Waals surface area contributed by atoms with E-state index in [4.69, 9.17) is 4.74 Å². The number of nitrogens with zero attached hydrogens (tertiary/aromatic N) is 2. The van der Waals surface area contributed by atoms with E-state index < -0.39 is 11.3 Å². The maximum Gasteiger partial charge on any atom is 0.573 e. The van der Waals surface area contributed by atoms with Crippen LogP contribution in [0.25, 0.3) is 0 Å². The molecule has 0 aliphatic rings. The van der Waals surface area contributed by atoms with Gasteiger partial charge in [0.1, 0.15) is 11.5 Å². The van der Waals surface area contributed by atoms with Crippen LogP contribution in [0.15, 0.2) is 48.5 Å². The normalized spacial score (nSPS) is 11.0. The number of rotatable bonds is 7. The predicted octanol–water partition coefficient (Wildman–Crippen LogP) is 3.53. The highest BCUT2D eigenvalue weighted by Gasteiger charge is 2.30. The van der Waals surface area contributed by atoms with Crippen molar-refractivity contribution >= 4 is 11.6 Å². The fraction of sp³-hybridized carbons (Fsp3) is 0.235. The summed E-state index contributed by atoms with van der Waals surface area (Å²) in [5, 5.41) is 10.6. The lowest BCUT2D eigenvalue weighted by Crippen LogP contribution is -2.30. The molecule has 0 aromatic heterocycles. The second kappa shape index (κ2) is 8.39. The van der Waals surface area contributed by atoms with E-state index in [2.05, 4.69) is 4.74 Å². The van der Waals surface area contributed by atoms with E-state index in [1.807, 2.05) is 0 Å². The minimum atomic E-state index is -4.76. The molecule has 0 aliphatic carbocycles. The van der Waals surface area contributed by atoms with E-state index in [1.54, 1.807) is 0 Å². The predicted molar refractivity (Wildman–Crippen MR) is 88.2 cm³/mol. The average molecular weight is 384 g/mol. The van der Waals surface area contributed by atoms with Crippen LogP contribution in [-0.2, 0) is 11.3 Å². The van der Waals surface area contributed by atoms with E-state index in [0.29, 0.717) is 11.3 Å². The molecule has 27 heavy (non-hydrogen) atoms. The van der Waals surface area contributed by atoms with Gasteiger partial charge in [0.2, 0.25) is 0 Å². The molecule has 0 bridgehead atoms. The molecule has 7 nitrogen and oxygen atoms in total. The first-order valence-electron chi connectivity index (χ1n) is 7.60. The van der Waals surface area contributed by atoms with Crippen LogP contribution in [0.4, 0.5) is 18.9 Å². The second-order valence-electron chi connectivity index (χ2n) is 5.48. The Bertz CT molecular complexity index is 792. The number of nitro groups is 1. The smallest absolute Gasteiger partial charge is 0.484 e. The number of ether oxygens (including phenoxy) is 2. The average Bonchev–Trinajstić information content (AvgIpc) is 2.60. The van der Waals surface area contributed by atoms with Crippen molar-refractivity contribution < 1.29 is 32.4 Å². The van der Waals surface area contributed by atoms with Crippen LogP contribution in [0.3, 0.4) is 0 Å². The molecule has 1 amide bonds. The molecule has 0 unspecified atom stereocenters. The minimum absolute atomic E-state index is 0.0938. The third kappa shape index (κ3) is 6.49. The van der Waals surface area contributed by atoms with Gasteiger partial charge in [-0.3, -0.25) is 14.9 Å². The fourth-order valence-corrected chi connectivity index (χ4v) is 2.08. The van der Waals surface area contributed by atoms with E-state index in [-0.39, 0.29) is 30.5 Å². The molecule has 0 saturated heterocycles. The van der Waals surface area contributed by atoms with Crippen molar-refractivity contribution in [1.29, 1.82) is 0 Å². The van der Waals surface area contributed by atoms with Crippen LogP contribution in [0.1, 0.15) is 5.56 Å². The van der Waals surface area contributed by atoms with Gasteiger partial charge in [-0.25, -0.2) is 0 Å². The highest BCUT2D eigenvalue weighted by Crippen LogP contribution is 2.23. The number of likely N-dealkylation sites (N-methyl/N-ethyl adjacent to an activating group) is 1. The maximum absolute atomic E-state index is 12.1. The zero-order chi connectivity index (χ0) is 20.0. The summed E-state index contributed by atoms with van der Waals surface area (Å²) in [4.78, 5) is 23.4. The standard InChI is InChI=1S/C17H15F3N2O5/c1-21(10-12-2-6-15(7-3-12)27-17(18,19)20)16(23)11-26-14-8-4-13(5-9-14)22(24)25/h2-9H,10-11H2,1H3. The first-order chi connectivity index (χ1) is 12.6. The third-order valence-electron chi connectivity index (χ3n) is 3.41. The van der Waals surface area contributed by atoms with Crippen molar-refractivity contribution in [2.45, 2.75) is 12.9 Å². The van der Waals surface area contributed by atoms with Crippen molar-refractivity contribution in [2.75, 3.05) is 13.7 Å². The van der Waals surface area contributed by atoms with Gasteiger partial charge in [-0.1, -0.05) is 12.1 Å². The SMILES string of the molecule is CN(Cc1ccc(OC(F)(F)F)cc1)C(=O)COc1ccc([N+](=O)[O-])cc1. The first kappa shape index (κ1) is 20.0. The summed E-state index contributed by atoms with van der Waals surface area (Å²) >= 11 is 0. The molecule has 0 spiro atoms. The van der Waals surface area contributed by atoms with Crippen molar-refractivity contribution in [3.05, 3.63) is 64.2 Å². The lowest BCUT2D eigenvalue weighted by Gasteiger charge is -2.18. The zero-order valence-corrected chi connectivity index (χ0v) is 14.1. The minimum Gasteiger partial charge on any atom is -0.484 e. The second-order valence-corrected chi connectivity index (χ2v) is 5.48. The molecule has 2 aromatic rings. The van der Waals surface area contributed by atoms with Crippen LogP contribution < -0.4 is 9.47 Å². The summed E-state index contributed by atoms with van der Waals surface area (Å²) < 4.78 is 45.4. The summed E-state index contributed by atoms with van der Waals surface area (Å²) in [5.74, 6) is -0.415. The molecule has 10 heteroatoms. The molecule has 144 valence electrons.